The van der Waals surface area contributed by atoms with Crippen molar-refractivity contribution in [2.45, 2.75) is 51.0 Å². The molecule has 2 aliphatic rings. The maximum absolute atomic E-state index is 3.75. The van der Waals surface area contributed by atoms with Crippen molar-refractivity contribution in [3.8, 4) is 0 Å². The summed E-state index contributed by atoms with van der Waals surface area (Å²) in [5.74, 6) is 2.35. The van der Waals surface area contributed by atoms with E-state index in [0.29, 0.717) is 0 Å². The first kappa shape index (κ1) is 14.7. The van der Waals surface area contributed by atoms with Gasteiger partial charge in [0.25, 0.3) is 0 Å². The maximum Gasteiger partial charge on any atom is 0.0223 e. The molecule has 1 saturated carbocycles. The monoisotopic (exact) mass is 270 g/mol. The Morgan fingerprint density at radius 3 is 2.78 bits per heavy atom. The molecule has 0 spiro atoms. The third kappa shape index (κ3) is 5.50. The van der Waals surface area contributed by atoms with Crippen molar-refractivity contribution >= 4 is 11.8 Å². The minimum atomic E-state index is 0.809. The maximum atomic E-state index is 3.75. The second-order valence-corrected chi connectivity index (χ2v) is 6.94. The van der Waals surface area contributed by atoms with Crippen molar-refractivity contribution in [1.82, 2.24) is 10.2 Å². The molecule has 2 nitrogen and oxygen atoms in total. The summed E-state index contributed by atoms with van der Waals surface area (Å²) in [5.41, 5.74) is 0. The van der Waals surface area contributed by atoms with Crippen molar-refractivity contribution < 1.29 is 0 Å². The highest BCUT2D eigenvalue weighted by molar-refractivity contribution is 7.98. The Balaban J connectivity index is 1.56. The summed E-state index contributed by atoms with van der Waals surface area (Å²) in [6.45, 7) is 5.21. The van der Waals surface area contributed by atoms with Gasteiger partial charge in [0, 0.05) is 12.6 Å². The van der Waals surface area contributed by atoms with E-state index in [0.717, 1.165) is 12.0 Å². The molecular formula is C15H30N2S. The quantitative estimate of drug-likeness (QED) is 0.683. The van der Waals surface area contributed by atoms with Gasteiger partial charge in [-0.2, -0.15) is 11.8 Å². The van der Waals surface area contributed by atoms with Crippen LogP contribution >= 0.6 is 11.8 Å². The zero-order valence-electron chi connectivity index (χ0n) is 12.0. The first-order chi connectivity index (χ1) is 8.90. The summed E-state index contributed by atoms with van der Waals surface area (Å²) in [7, 11) is 0. The van der Waals surface area contributed by atoms with Crippen LogP contribution in [0, 0.1) is 5.92 Å². The molecule has 1 N–H and O–H groups in total. The molecule has 1 saturated heterocycles. The predicted octanol–water partition coefficient (Wildman–Crippen LogP) is 2.98. The number of hydrogen-bond donors (Lipinski definition) is 1. The normalized spacial score (nSPS) is 26.2. The van der Waals surface area contributed by atoms with Gasteiger partial charge in [-0.1, -0.05) is 12.8 Å². The second kappa shape index (κ2) is 8.44. The van der Waals surface area contributed by atoms with Crippen LogP contribution in [0.4, 0.5) is 0 Å². The van der Waals surface area contributed by atoms with E-state index in [-0.39, 0.29) is 0 Å². The van der Waals surface area contributed by atoms with Gasteiger partial charge in [0.05, 0.1) is 0 Å². The summed E-state index contributed by atoms with van der Waals surface area (Å²) in [6.07, 6.45) is 12.2. The average molecular weight is 270 g/mol. The lowest BCUT2D eigenvalue weighted by atomic mass is 10.1. The molecule has 0 aromatic heterocycles. The predicted molar refractivity (Wildman–Crippen MR) is 82.4 cm³/mol. The van der Waals surface area contributed by atoms with Crippen LogP contribution in [0.1, 0.15) is 44.9 Å². The second-order valence-electron chi connectivity index (χ2n) is 5.96. The van der Waals surface area contributed by atoms with Crippen molar-refractivity contribution in [2.75, 3.05) is 38.2 Å². The van der Waals surface area contributed by atoms with Gasteiger partial charge >= 0.3 is 0 Å². The molecule has 3 heteroatoms. The van der Waals surface area contributed by atoms with Crippen LogP contribution < -0.4 is 5.32 Å². The SMILES string of the molecule is CSCCCCCCN1CCCNC(C2CC2)C1. The molecule has 18 heavy (non-hydrogen) atoms. The molecule has 0 radical (unpaired) electrons. The topological polar surface area (TPSA) is 15.3 Å². The molecule has 0 amide bonds. The van der Waals surface area contributed by atoms with Crippen LogP contribution in [-0.2, 0) is 0 Å². The van der Waals surface area contributed by atoms with Gasteiger partial charge in [0.1, 0.15) is 0 Å². The molecule has 0 bridgehead atoms. The van der Waals surface area contributed by atoms with Crippen LogP contribution in [0.25, 0.3) is 0 Å². The highest BCUT2D eigenvalue weighted by Crippen LogP contribution is 2.33. The lowest BCUT2D eigenvalue weighted by molar-refractivity contribution is 0.253. The molecular weight excluding hydrogens is 240 g/mol. The minimum Gasteiger partial charge on any atom is -0.312 e. The summed E-state index contributed by atoms with van der Waals surface area (Å²) < 4.78 is 0. The molecule has 0 aromatic carbocycles. The van der Waals surface area contributed by atoms with Gasteiger partial charge < -0.3 is 10.2 Å². The Morgan fingerprint density at radius 1 is 1.17 bits per heavy atom. The van der Waals surface area contributed by atoms with Crippen LogP contribution in [0.3, 0.4) is 0 Å². The summed E-state index contributed by atoms with van der Waals surface area (Å²) >= 11 is 1.98. The lowest BCUT2D eigenvalue weighted by Gasteiger charge is -2.24. The summed E-state index contributed by atoms with van der Waals surface area (Å²) in [6, 6.07) is 0.809. The van der Waals surface area contributed by atoms with E-state index in [2.05, 4.69) is 16.5 Å². The Hall–Kier alpha value is 0.270. The number of nitrogens with zero attached hydrogens (tertiary/aromatic N) is 1. The van der Waals surface area contributed by atoms with Crippen molar-refractivity contribution in [3.63, 3.8) is 0 Å². The standard InChI is InChI=1S/C15H30N2S/c1-18-12-5-3-2-4-10-17-11-6-9-16-15(13-17)14-7-8-14/h14-16H,2-13H2,1H3. The lowest BCUT2D eigenvalue weighted by Crippen LogP contribution is -2.39. The molecule has 2 fully saturated rings. The van der Waals surface area contributed by atoms with E-state index in [1.54, 1.807) is 0 Å². The molecule has 1 unspecified atom stereocenters. The minimum absolute atomic E-state index is 0.809. The molecule has 106 valence electrons. The molecule has 1 atom stereocenters. The fourth-order valence-corrected chi connectivity index (χ4v) is 3.47. The summed E-state index contributed by atoms with van der Waals surface area (Å²) in [5, 5.41) is 3.75. The van der Waals surface area contributed by atoms with Gasteiger partial charge in [-0.15, -0.1) is 0 Å². The van der Waals surface area contributed by atoms with Crippen LogP contribution in [-0.4, -0.2) is 49.1 Å². The Labute approximate surface area is 117 Å². The third-order valence-electron chi connectivity index (χ3n) is 4.28. The zero-order chi connectivity index (χ0) is 12.6. The van der Waals surface area contributed by atoms with Gasteiger partial charge in [0.2, 0.25) is 0 Å². The van der Waals surface area contributed by atoms with Gasteiger partial charge in [0.15, 0.2) is 0 Å². The highest BCUT2D eigenvalue weighted by Gasteiger charge is 2.32. The Morgan fingerprint density at radius 2 is 2.00 bits per heavy atom. The van der Waals surface area contributed by atoms with Gasteiger partial charge in [-0.05, 0) is 69.7 Å². The number of rotatable bonds is 8. The van der Waals surface area contributed by atoms with E-state index in [9.17, 15) is 0 Å². The van der Waals surface area contributed by atoms with Crippen molar-refractivity contribution in [2.24, 2.45) is 5.92 Å². The van der Waals surface area contributed by atoms with E-state index < -0.39 is 0 Å². The first-order valence-electron chi connectivity index (χ1n) is 7.85. The van der Waals surface area contributed by atoms with Gasteiger partial charge in [-0.25, -0.2) is 0 Å². The molecule has 1 aliphatic carbocycles. The third-order valence-corrected chi connectivity index (χ3v) is 4.97. The van der Waals surface area contributed by atoms with E-state index >= 15 is 0 Å². The number of unbranched alkanes of at least 4 members (excludes halogenated alkanes) is 3. The molecule has 2 rings (SSSR count). The van der Waals surface area contributed by atoms with Crippen LogP contribution in [0.15, 0.2) is 0 Å². The molecule has 1 aliphatic heterocycles. The fraction of sp³-hybridized carbons (Fsp3) is 1.00. The Kier molecular flexibility index (Phi) is 6.88. The van der Waals surface area contributed by atoms with Crippen molar-refractivity contribution in [1.29, 1.82) is 0 Å². The van der Waals surface area contributed by atoms with E-state index in [4.69, 9.17) is 0 Å². The smallest absolute Gasteiger partial charge is 0.0223 e. The fourth-order valence-electron chi connectivity index (χ4n) is 2.98. The van der Waals surface area contributed by atoms with Crippen molar-refractivity contribution in [3.05, 3.63) is 0 Å². The largest absolute Gasteiger partial charge is 0.312 e. The first-order valence-corrected chi connectivity index (χ1v) is 9.24. The molecule has 0 aromatic rings. The number of nitrogens with one attached hydrogen (secondary N) is 1. The number of thioether (sulfide) groups is 1. The van der Waals surface area contributed by atoms with E-state index in [1.165, 1.54) is 76.9 Å². The zero-order valence-corrected chi connectivity index (χ0v) is 12.8. The Bertz CT molecular complexity index is 219. The average Bonchev–Trinajstić information content (AvgIpc) is 3.19. The van der Waals surface area contributed by atoms with Gasteiger partial charge in [-0.3, -0.25) is 0 Å². The highest BCUT2D eigenvalue weighted by atomic mass is 32.2. The van der Waals surface area contributed by atoms with Crippen LogP contribution in [0.2, 0.25) is 0 Å². The van der Waals surface area contributed by atoms with E-state index in [1.807, 2.05) is 11.8 Å². The molecule has 1 heterocycles. The number of hydrogen-bond acceptors (Lipinski definition) is 3. The summed E-state index contributed by atoms with van der Waals surface area (Å²) in [4.78, 5) is 2.72. The van der Waals surface area contributed by atoms with Crippen LogP contribution in [0.5, 0.6) is 0 Å².